The number of nitrogens with zero attached hydrogens (tertiary/aromatic N) is 2. The van der Waals surface area contributed by atoms with E-state index in [1.165, 1.54) is 11.8 Å². The summed E-state index contributed by atoms with van der Waals surface area (Å²) in [7, 11) is 3.14. The molecule has 1 N–H and O–H groups in total. The molecule has 0 saturated heterocycles. The number of fused-ring (bicyclic) bond motifs is 1. The van der Waals surface area contributed by atoms with Crippen molar-refractivity contribution < 1.29 is 14.3 Å². The van der Waals surface area contributed by atoms with Gasteiger partial charge in [-0.3, -0.25) is 4.79 Å². The van der Waals surface area contributed by atoms with Gasteiger partial charge in [-0.25, -0.2) is 9.97 Å². The summed E-state index contributed by atoms with van der Waals surface area (Å²) < 4.78 is 10.5. The summed E-state index contributed by atoms with van der Waals surface area (Å²) in [6.07, 6.45) is 0. The van der Waals surface area contributed by atoms with Crippen molar-refractivity contribution in [3.8, 4) is 11.5 Å². The second-order valence-corrected chi connectivity index (χ2v) is 8.49. The second kappa shape index (κ2) is 8.69. The van der Waals surface area contributed by atoms with Crippen LogP contribution in [-0.2, 0) is 10.2 Å². The smallest absolute Gasteiger partial charge is 0.234 e. The highest BCUT2D eigenvalue weighted by Gasteiger charge is 2.20. The lowest BCUT2D eigenvalue weighted by Gasteiger charge is -2.18. The third-order valence-corrected chi connectivity index (χ3v) is 5.24. The molecule has 152 valence electrons. The lowest BCUT2D eigenvalue weighted by atomic mass is 9.95. The molecular weight excluding hydrogens is 386 g/mol. The second-order valence-electron chi connectivity index (χ2n) is 7.53. The molecule has 0 unspecified atom stereocenters. The maximum absolute atomic E-state index is 12.5. The van der Waals surface area contributed by atoms with Crippen LogP contribution >= 0.6 is 11.8 Å². The van der Waals surface area contributed by atoms with E-state index < -0.39 is 0 Å². The van der Waals surface area contributed by atoms with Crippen molar-refractivity contribution in [3.63, 3.8) is 0 Å². The van der Waals surface area contributed by atoms with E-state index in [0.29, 0.717) is 17.2 Å². The van der Waals surface area contributed by atoms with Gasteiger partial charge in [-0.2, -0.15) is 0 Å². The van der Waals surface area contributed by atoms with Crippen LogP contribution in [0.25, 0.3) is 10.9 Å². The predicted octanol–water partition coefficient (Wildman–Crippen LogP) is 4.68. The number of methoxy groups -OCH3 is 2. The lowest BCUT2D eigenvalue weighted by Crippen LogP contribution is -2.17. The monoisotopic (exact) mass is 411 g/mol. The quantitative estimate of drug-likeness (QED) is 0.469. The summed E-state index contributed by atoms with van der Waals surface area (Å²) in [5, 5.41) is 4.65. The number of aromatic nitrogens is 2. The summed E-state index contributed by atoms with van der Waals surface area (Å²) in [5.41, 5.74) is 1.35. The third-order valence-electron chi connectivity index (χ3n) is 4.25. The number of hydrogen-bond donors (Lipinski definition) is 1. The lowest BCUT2D eigenvalue weighted by molar-refractivity contribution is -0.113. The molecule has 0 fully saturated rings. The molecule has 2 aromatic carbocycles. The molecule has 1 amide bonds. The number of carbonyl (C=O) groups excluding carboxylic acids is 1. The van der Waals surface area contributed by atoms with Gasteiger partial charge >= 0.3 is 0 Å². The first-order chi connectivity index (χ1) is 13.8. The van der Waals surface area contributed by atoms with Crippen LogP contribution in [0.2, 0.25) is 0 Å². The van der Waals surface area contributed by atoms with Crippen LogP contribution in [0.3, 0.4) is 0 Å². The molecule has 0 aliphatic heterocycles. The molecule has 3 rings (SSSR count). The van der Waals surface area contributed by atoms with Crippen molar-refractivity contribution in [2.75, 3.05) is 25.3 Å². The molecule has 0 aliphatic carbocycles. The molecule has 0 bridgehead atoms. The van der Waals surface area contributed by atoms with Crippen molar-refractivity contribution in [1.82, 2.24) is 9.97 Å². The highest BCUT2D eigenvalue weighted by atomic mass is 32.2. The van der Waals surface area contributed by atoms with Crippen LogP contribution in [0.15, 0.2) is 47.5 Å². The number of para-hydroxylation sites is 1. The van der Waals surface area contributed by atoms with Gasteiger partial charge in [-0.05, 0) is 18.2 Å². The van der Waals surface area contributed by atoms with E-state index in [9.17, 15) is 4.79 Å². The number of anilines is 1. The largest absolute Gasteiger partial charge is 0.493 e. The summed E-state index contributed by atoms with van der Waals surface area (Å²) in [4.78, 5) is 21.9. The van der Waals surface area contributed by atoms with Gasteiger partial charge in [0.05, 0.1) is 25.5 Å². The fourth-order valence-corrected chi connectivity index (χ4v) is 3.56. The van der Waals surface area contributed by atoms with E-state index in [-0.39, 0.29) is 17.1 Å². The van der Waals surface area contributed by atoms with Crippen LogP contribution in [0.4, 0.5) is 5.69 Å². The molecular formula is C22H25N3O3S. The number of benzene rings is 2. The van der Waals surface area contributed by atoms with E-state index in [2.05, 4.69) is 31.1 Å². The summed E-state index contributed by atoms with van der Waals surface area (Å²) >= 11 is 1.41. The zero-order chi connectivity index (χ0) is 21.0. The van der Waals surface area contributed by atoms with Gasteiger partial charge in [0.2, 0.25) is 5.91 Å². The van der Waals surface area contributed by atoms with E-state index >= 15 is 0 Å². The number of rotatable bonds is 6. The number of thioether (sulfide) groups is 1. The molecule has 29 heavy (non-hydrogen) atoms. The number of amides is 1. The minimum atomic E-state index is -0.179. The van der Waals surface area contributed by atoms with Crippen LogP contribution in [0, 0.1) is 0 Å². The van der Waals surface area contributed by atoms with Crippen molar-refractivity contribution >= 4 is 34.3 Å². The van der Waals surface area contributed by atoms with Crippen LogP contribution in [0.5, 0.6) is 11.5 Å². The van der Waals surface area contributed by atoms with Crippen molar-refractivity contribution in [2.45, 2.75) is 31.2 Å². The molecule has 1 heterocycles. The first-order valence-electron chi connectivity index (χ1n) is 9.24. The molecule has 0 aliphatic rings. The van der Waals surface area contributed by atoms with E-state index in [4.69, 9.17) is 14.5 Å². The van der Waals surface area contributed by atoms with Crippen molar-refractivity contribution in [2.24, 2.45) is 0 Å². The van der Waals surface area contributed by atoms with Crippen LogP contribution in [0.1, 0.15) is 26.6 Å². The molecule has 0 spiro atoms. The maximum Gasteiger partial charge on any atom is 0.234 e. The third kappa shape index (κ3) is 4.98. The molecule has 6 nitrogen and oxygen atoms in total. The fraction of sp³-hybridized carbons (Fsp3) is 0.318. The SMILES string of the molecule is COc1ccc(NC(=O)CSc2nc(C(C)(C)C)nc3ccccc23)cc1OC. The highest BCUT2D eigenvalue weighted by Crippen LogP contribution is 2.31. The molecule has 7 heteroatoms. The average Bonchev–Trinajstić information content (AvgIpc) is 2.71. The molecule has 0 radical (unpaired) electrons. The summed E-state index contributed by atoms with van der Waals surface area (Å²) in [5.74, 6) is 2.05. The Labute approximate surface area is 175 Å². The van der Waals surface area contributed by atoms with Gasteiger partial charge < -0.3 is 14.8 Å². The summed E-state index contributed by atoms with van der Waals surface area (Å²) in [6.45, 7) is 6.24. The Kier molecular flexibility index (Phi) is 6.27. The number of nitrogens with one attached hydrogen (secondary N) is 1. The van der Waals surface area contributed by atoms with E-state index in [1.807, 2.05) is 24.3 Å². The first-order valence-corrected chi connectivity index (χ1v) is 10.2. The van der Waals surface area contributed by atoms with E-state index in [0.717, 1.165) is 21.8 Å². The minimum Gasteiger partial charge on any atom is -0.493 e. The molecule has 0 saturated carbocycles. The number of carbonyl (C=O) groups is 1. The van der Waals surface area contributed by atoms with Gasteiger partial charge in [0.15, 0.2) is 11.5 Å². The highest BCUT2D eigenvalue weighted by molar-refractivity contribution is 8.00. The Hall–Kier alpha value is -2.80. The van der Waals surface area contributed by atoms with Crippen LogP contribution < -0.4 is 14.8 Å². The Bertz CT molecular complexity index is 1030. The predicted molar refractivity (Wildman–Crippen MR) is 117 cm³/mol. The Balaban J connectivity index is 1.77. The first kappa shape index (κ1) is 20.9. The molecule has 0 atom stereocenters. The van der Waals surface area contributed by atoms with Gasteiger partial charge in [0, 0.05) is 22.6 Å². The topological polar surface area (TPSA) is 73.3 Å². The van der Waals surface area contributed by atoms with Crippen LogP contribution in [-0.4, -0.2) is 35.8 Å². The van der Waals surface area contributed by atoms with Gasteiger partial charge in [0.1, 0.15) is 10.9 Å². The van der Waals surface area contributed by atoms with E-state index in [1.54, 1.807) is 32.4 Å². The summed E-state index contributed by atoms with van der Waals surface area (Å²) in [6, 6.07) is 13.1. The molecule has 3 aromatic rings. The fourth-order valence-electron chi connectivity index (χ4n) is 2.74. The number of ether oxygens (including phenoxy) is 2. The normalized spacial score (nSPS) is 11.3. The zero-order valence-corrected chi connectivity index (χ0v) is 18.1. The van der Waals surface area contributed by atoms with Crippen molar-refractivity contribution in [3.05, 3.63) is 48.3 Å². The Morgan fingerprint density at radius 2 is 1.76 bits per heavy atom. The molecule has 1 aromatic heterocycles. The standard InChI is InChI=1S/C22H25N3O3S/c1-22(2,3)21-24-16-9-7-6-8-15(16)20(25-21)29-13-19(26)23-14-10-11-17(27-4)18(12-14)28-5/h6-12H,13H2,1-5H3,(H,23,26). The average molecular weight is 412 g/mol. The Morgan fingerprint density at radius 1 is 1.03 bits per heavy atom. The number of hydrogen-bond acceptors (Lipinski definition) is 6. The minimum absolute atomic E-state index is 0.123. The maximum atomic E-state index is 12.5. The van der Waals surface area contributed by atoms with Gasteiger partial charge in [0.25, 0.3) is 0 Å². The van der Waals surface area contributed by atoms with Crippen molar-refractivity contribution in [1.29, 1.82) is 0 Å². The van der Waals surface area contributed by atoms with Gasteiger partial charge in [-0.15, -0.1) is 0 Å². The zero-order valence-electron chi connectivity index (χ0n) is 17.3. The van der Waals surface area contributed by atoms with Gasteiger partial charge in [-0.1, -0.05) is 50.7 Å². The Morgan fingerprint density at radius 3 is 2.45 bits per heavy atom.